The van der Waals surface area contributed by atoms with Crippen molar-refractivity contribution in [3.63, 3.8) is 0 Å². The Balaban J connectivity index is 0. The Morgan fingerprint density at radius 1 is 0.336 bits per heavy atom. The molecule has 134 heavy (non-hydrogen) atoms. The number of carbonyl (C=O) groups is 8. The van der Waals surface area contributed by atoms with Gasteiger partial charge in [-0.15, -0.1) is 0 Å². The molecule has 4 atom stereocenters. The molecule has 0 aromatic heterocycles. The van der Waals surface area contributed by atoms with E-state index in [-0.39, 0.29) is 64.3 Å². The minimum Gasteiger partial charge on any atom is -0.463 e. The summed E-state index contributed by atoms with van der Waals surface area (Å²) in [7, 11) is 0. The largest absolute Gasteiger partial charge is 0.463 e. The van der Waals surface area contributed by atoms with Gasteiger partial charge in [0.15, 0.2) is 13.2 Å². The monoisotopic (exact) mass is 1950 g/mol. The van der Waals surface area contributed by atoms with E-state index in [0.717, 1.165) is 106 Å². The van der Waals surface area contributed by atoms with E-state index in [9.17, 15) is 109 Å². The predicted octanol–water partition coefficient (Wildman–Crippen LogP) is 28.5. The van der Waals surface area contributed by atoms with Gasteiger partial charge in [-0.2, -0.15) is 52.7 Å². The first-order valence-corrected chi connectivity index (χ1v) is 46.8. The molecule has 6 fully saturated rings. The highest BCUT2D eigenvalue weighted by molar-refractivity contribution is 5.88. The lowest BCUT2D eigenvalue weighted by atomic mass is 9.71. The normalized spacial score (nSPS) is 22.9. The van der Waals surface area contributed by atoms with Crippen LogP contribution in [0.15, 0.2) is 99.2 Å². The molecule has 32 heteroatoms. The van der Waals surface area contributed by atoms with Gasteiger partial charge in [0.2, 0.25) is 0 Å². The fourth-order valence-electron chi connectivity index (χ4n) is 16.9. The standard InChI is InChI=1S/C16H28O2.2C15H26O2.C14H24O2.C13H22O2.C12H20O2.C9H8F8O2.C8H6F8O2/c1-12(2)15(17)18-11-16(4,5)10-14-8-6-13(3)7-9-14;1-12(2)15(16)17-11-5-4-6-14-9-7-13(3)8-10-14;1-5-14(16)17-11-15(3,4)10-13-8-6-12(2)7-9-13;1-3-14(15)16-11-5-4-6-13-9-7-12(2)8-10-13;1-9(2)12(14)15-11-6-10(3)7-13(4,5)8-11;1-5-11(13)14-10-6-9(2)7-12(3,4)8-10;1-4(2)5(18)19-3-7(12,13)9(16,17)8(14,15)6(10)11;1-2-4(17)18-3-6(11,12)8(15,16)7(13,14)5(9)10/h13-14H,1,6-11H2,2-5H3;13-14H,1,4-11H2,2-3H3;5,12-13H,1,6-11H2,2-4H3;3,12-13H,1,4-11H2,2H3;10-11H,1,6-8H2,2-5H3;5,9-10H,1,6-8H2,2-4H3;6H,1,3H2,2H3;2,5H,1,3H2. The number of rotatable bonds is 38. The number of esters is 8. The molecule has 0 N–H and O–H groups in total. The summed E-state index contributed by atoms with van der Waals surface area (Å²) >= 11 is 0. The zero-order valence-electron chi connectivity index (χ0n) is 83.1. The zero-order valence-corrected chi connectivity index (χ0v) is 83.1. The van der Waals surface area contributed by atoms with Crippen LogP contribution < -0.4 is 0 Å². The van der Waals surface area contributed by atoms with Crippen molar-refractivity contribution < 1.29 is 146 Å². The van der Waals surface area contributed by atoms with E-state index in [2.05, 4.69) is 159 Å². The van der Waals surface area contributed by atoms with E-state index in [4.69, 9.17) is 28.4 Å². The van der Waals surface area contributed by atoms with Crippen LogP contribution in [0.3, 0.4) is 0 Å². The molecule has 0 aromatic rings. The molecule has 776 valence electrons. The minimum absolute atomic E-state index is 0.0768. The van der Waals surface area contributed by atoms with Crippen LogP contribution in [0, 0.1) is 80.8 Å². The van der Waals surface area contributed by atoms with E-state index in [1.165, 1.54) is 159 Å². The summed E-state index contributed by atoms with van der Waals surface area (Å²) in [6.45, 7) is 61.3. The smallest absolute Gasteiger partial charge is 0.381 e. The van der Waals surface area contributed by atoms with Crippen molar-refractivity contribution in [3.8, 4) is 0 Å². The summed E-state index contributed by atoms with van der Waals surface area (Å²) in [5.74, 6) is -33.0. The minimum atomic E-state index is -6.39. The van der Waals surface area contributed by atoms with Crippen LogP contribution in [0.1, 0.15) is 317 Å². The molecule has 0 spiro atoms. The summed E-state index contributed by atoms with van der Waals surface area (Å²) < 4.78 is 236. The number of hydrogen-bond donors (Lipinski definition) is 0. The fraction of sp³-hybridized carbons (Fsp3) is 0.765. The van der Waals surface area contributed by atoms with E-state index >= 15 is 0 Å². The van der Waals surface area contributed by atoms with Gasteiger partial charge < -0.3 is 37.9 Å². The lowest BCUT2D eigenvalue weighted by molar-refractivity contribution is -0.344. The molecule has 6 aliphatic carbocycles. The molecule has 4 unspecified atom stereocenters. The summed E-state index contributed by atoms with van der Waals surface area (Å²) in [5, 5.41) is 0. The van der Waals surface area contributed by atoms with Gasteiger partial charge in [-0.1, -0.05) is 265 Å². The van der Waals surface area contributed by atoms with Crippen LogP contribution in [0.5, 0.6) is 0 Å². The third kappa shape index (κ3) is 52.4. The van der Waals surface area contributed by atoms with E-state index in [0.29, 0.717) is 66.5 Å². The Morgan fingerprint density at radius 2 is 0.597 bits per heavy atom. The molecule has 0 saturated heterocycles. The van der Waals surface area contributed by atoms with Crippen LogP contribution >= 0.6 is 0 Å². The van der Waals surface area contributed by atoms with Gasteiger partial charge in [0.05, 0.1) is 26.4 Å². The van der Waals surface area contributed by atoms with Crippen molar-refractivity contribution in [2.75, 3.05) is 39.6 Å². The number of halogens is 16. The Labute approximate surface area is 788 Å². The van der Waals surface area contributed by atoms with Gasteiger partial charge in [0.1, 0.15) is 12.2 Å². The maximum absolute atomic E-state index is 12.8. The van der Waals surface area contributed by atoms with Gasteiger partial charge in [-0.3, -0.25) is 0 Å². The fourth-order valence-corrected chi connectivity index (χ4v) is 16.9. The molecular formula is C102H160F16O16. The molecule has 6 rings (SSSR count). The lowest BCUT2D eigenvalue weighted by Crippen LogP contribution is -2.59. The quantitative estimate of drug-likeness (QED) is 0.0185. The summed E-state index contributed by atoms with van der Waals surface area (Å²) in [5.41, 5.74) is 1.76. The number of unbranched alkanes of at least 4 members (excludes halogenated alkanes) is 2. The first kappa shape index (κ1) is 129. The van der Waals surface area contributed by atoms with Gasteiger partial charge >= 0.3 is 96.1 Å². The number of alkyl halides is 16. The molecule has 6 saturated carbocycles. The van der Waals surface area contributed by atoms with E-state index < -0.39 is 79.1 Å². The zero-order chi connectivity index (χ0) is 104. The van der Waals surface area contributed by atoms with E-state index in [1.54, 1.807) is 20.8 Å². The van der Waals surface area contributed by atoms with Crippen LogP contribution in [-0.2, 0) is 76.3 Å². The maximum Gasteiger partial charge on any atom is 0.381 e. The molecule has 16 nitrogen and oxygen atoms in total. The highest BCUT2D eigenvalue weighted by Gasteiger charge is 2.77. The van der Waals surface area contributed by atoms with Crippen molar-refractivity contribution in [2.45, 2.75) is 378 Å². The van der Waals surface area contributed by atoms with Crippen LogP contribution in [-0.4, -0.2) is 148 Å². The second kappa shape index (κ2) is 61.1. The van der Waals surface area contributed by atoms with Crippen molar-refractivity contribution in [2.24, 2.45) is 80.8 Å². The van der Waals surface area contributed by atoms with Crippen LogP contribution in [0.2, 0.25) is 0 Å². The molecular weight excluding hydrogens is 1790 g/mol. The maximum atomic E-state index is 12.8. The summed E-state index contributed by atoms with van der Waals surface area (Å²) in [6, 6.07) is 0. The lowest BCUT2D eigenvalue weighted by Gasteiger charge is -2.38. The molecule has 0 radical (unpaired) electrons. The average Bonchev–Trinajstić information content (AvgIpc) is 0.763. The topological polar surface area (TPSA) is 210 Å². The highest BCUT2D eigenvalue weighted by atomic mass is 19.4. The Hall–Kier alpha value is -7.44. The van der Waals surface area contributed by atoms with Crippen molar-refractivity contribution in [1.82, 2.24) is 0 Å². The third-order valence-corrected chi connectivity index (χ3v) is 24.3. The average molecular weight is 1950 g/mol. The van der Waals surface area contributed by atoms with Crippen molar-refractivity contribution in [1.29, 1.82) is 0 Å². The molecule has 6 aliphatic rings. The van der Waals surface area contributed by atoms with Crippen molar-refractivity contribution in [3.05, 3.63) is 99.2 Å². The third-order valence-electron chi connectivity index (χ3n) is 24.3. The summed E-state index contributed by atoms with van der Waals surface area (Å²) in [4.78, 5) is 87.8. The van der Waals surface area contributed by atoms with Gasteiger partial charge in [-0.05, 0) is 186 Å². The second-order valence-corrected chi connectivity index (χ2v) is 41.2. The van der Waals surface area contributed by atoms with Gasteiger partial charge in [-0.25, -0.2) is 55.9 Å². The van der Waals surface area contributed by atoms with Crippen molar-refractivity contribution >= 4 is 47.8 Å². The van der Waals surface area contributed by atoms with Gasteiger partial charge in [0.25, 0.3) is 0 Å². The number of carbonyl (C=O) groups excluding carboxylic acids is 8. The van der Waals surface area contributed by atoms with Gasteiger partial charge in [0, 0.05) is 46.6 Å². The molecule has 0 aliphatic heterocycles. The summed E-state index contributed by atoms with van der Waals surface area (Å²) in [6.07, 6.45) is 31.7. The first-order valence-electron chi connectivity index (χ1n) is 46.8. The molecule has 0 aromatic carbocycles. The molecule has 0 bridgehead atoms. The molecule has 0 heterocycles. The Morgan fingerprint density at radius 3 is 0.896 bits per heavy atom. The van der Waals surface area contributed by atoms with Crippen LogP contribution in [0.25, 0.3) is 0 Å². The number of ether oxygens (including phenoxy) is 8. The SMILES string of the molecule is C=C(C)C(=O)OC1CC(C)CC(C)(C)C1.C=C(C)C(=O)OCC(C)(C)CC1CCC(C)CC1.C=C(C)C(=O)OCC(F)(F)C(F)(F)C(F)(F)C(F)F.C=C(C)C(=O)OCCCCC1CCC(C)CC1.C=CC(=O)OC1CC(C)CC(C)(C)C1.C=CC(=O)OCC(C)(C)CC1CCC(C)CC1.C=CC(=O)OCC(F)(F)C(F)(F)C(F)(F)C(F)F.C=CC(=O)OCCCCC1CCC(C)CC1. The highest BCUT2D eigenvalue weighted by Crippen LogP contribution is 2.51. The van der Waals surface area contributed by atoms with Crippen LogP contribution in [0.4, 0.5) is 70.2 Å². The Bertz CT molecular complexity index is 3620. The Kier molecular flexibility index (Phi) is 58.6. The predicted molar refractivity (Wildman–Crippen MR) is 490 cm³/mol. The van der Waals surface area contributed by atoms with E-state index in [1.807, 2.05) is 0 Å². The first-order chi connectivity index (χ1) is 61.4. The number of hydrogen-bond acceptors (Lipinski definition) is 16. The second-order valence-electron chi connectivity index (χ2n) is 41.2. The molecule has 0 amide bonds.